The molecule has 1 unspecified atom stereocenters. The van der Waals surface area contributed by atoms with Gasteiger partial charge in [-0.05, 0) is 46.6 Å². The van der Waals surface area contributed by atoms with Gasteiger partial charge >= 0.3 is 6.09 Å². The minimum Gasteiger partial charge on any atom is -0.444 e. The Bertz CT molecular complexity index is 577. The van der Waals surface area contributed by atoms with Gasteiger partial charge in [0.15, 0.2) is 0 Å². The molecule has 3 aliphatic heterocycles. The van der Waals surface area contributed by atoms with Crippen molar-refractivity contribution in [3.63, 3.8) is 0 Å². The second-order valence-corrected chi connectivity index (χ2v) is 9.90. The summed E-state index contributed by atoms with van der Waals surface area (Å²) in [5.41, 5.74) is 0.851. The van der Waals surface area contributed by atoms with Gasteiger partial charge in [0.05, 0.1) is 16.9 Å². The fraction of sp³-hybridized carbons (Fsp3) is 0.765. The number of fused-ring (bicyclic) bond motifs is 3. The lowest BCUT2D eigenvalue weighted by atomic mass is 10.0. The van der Waals surface area contributed by atoms with E-state index < -0.39 is 5.60 Å². The van der Waals surface area contributed by atoms with Gasteiger partial charge in [0.1, 0.15) is 11.4 Å². The Morgan fingerprint density at radius 3 is 2.78 bits per heavy atom. The van der Waals surface area contributed by atoms with Crippen LogP contribution in [-0.2, 0) is 4.74 Å². The highest BCUT2D eigenvalue weighted by molar-refractivity contribution is 9.10. The van der Waals surface area contributed by atoms with Crippen LogP contribution in [0.3, 0.4) is 0 Å². The van der Waals surface area contributed by atoms with Crippen molar-refractivity contribution < 1.29 is 9.53 Å². The summed E-state index contributed by atoms with van der Waals surface area (Å²) >= 11 is 3.72. The molecule has 0 aromatic carbocycles. The predicted octanol–water partition coefficient (Wildman–Crippen LogP) is 3.19. The Morgan fingerprint density at radius 2 is 2.13 bits per heavy atom. The van der Waals surface area contributed by atoms with E-state index >= 15 is 0 Å². The topological polar surface area (TPSA) is 45.1 Å². The highest BCUT2D eigenvalue weighted by atomic mass is 79.9. The van der Waals surface area contributed by atoms with Crippen LogP contribution in [0.1, 0.15) is 41.0 Å². The smallest absolute Gasteiger partial charge is 0.410 e. The first-order valence-electron chi connectivity index (χ1n) is 8.27. The van der Waals surface area contributed by atoms with Gasteiger partial charge in [-0.2, -0.15) is 0 Å². The Balaban J connectivity index is 1.76. The molecule has 0 bridgehead atoms. The van der Waals surface area contributed by atoms with Crippen LogP contribution >= 0.6 is 15.9 Å². The van der Waals surface area contributed by atoms with Crippen molar-refractivity contribution in [3.8, 4) is 0 Å². The lowest BCUT2D eigenvalue weighted by Gasteiger charge is -2.43. The van der Waals surface area contributed by atoms with Gasteiger partial charge in [-0.25, -0.2) is 4.79 Å². The number of carbonyl (C=O) groups excluding carboxylic acids is 1. The van der Waals surface area contributed by atoms with Crippen molar-refractivity contribution in [3.05, 3.63) is 11.6 Å². The van der Waals surface area contributed by atoms with E-state index in [4.69, 9.17) is 9.73 Å². The first-order chi connectivity index (χ1) is 10.6. The SMILES string of the molecule is C[C@@H]1CN(C(=O)OC(C)(C)C)C[C@H]2CC3=CC(C)(Br)CN=C3N21. The molecular formula is C17H26BrN3O2. The van der Waals surface area contributed by atoms with Crippen LogP contribution in [0.5, 0.6) is 0 Å². The normalized spacial score (nSPS) is 33.7. The number of amides is 1. The second kappa shape index (κ2) is 5.50. The summed E-state index contributed by atoms with van der Waals surface area (Å²) in [5.74, 6) is 1.13. The van der Waals surface area contributed by atoms with Crippen LogP contribution < -0.4 is 0 Å². The molecular weight excluding hydrogens is 358 g/mol. The number of piperazine rings is 1. The molecule has 5 nitrogen and oxygen atoms in total. The number of halogens is 1. The molecule has 0 spiro atoms. The van der Waals surface area contributed by atoms with Crippen LogP contribution in [-0.4, -0.2) is 63.4 Å². The Kier molecular flexibility index (Phi) is 4.02. The molecule has 0 N–H and O–H groups in total. The molecule has 2 saturated heterocycles. The zero-order valence-electron chi connectivity index (χ0n) is 14.6. The highest BCUT2D eigenvalue weighted by Crippen LogP contribution is 2.37. The quantitative estimate of drug-likeness (QED) is 0.603. The van der Waals surface area contributed by atoms with E-state index in [1.807, 2.05) is 25.7 Å². The number of aliphatic imine (C=N–C) groups is 1. The van der Waals surface area contributed by atoms with Gasteiger partial charge in [0, 0.05) is 19.1 Å². The van der Waals surface area contributed by atoms with E-state index in [0.717, 1.165) is 18.8 Å². The lowest BCUT2D eigenvalue weighted by Crippen LogP contribution is -2.58. The van der Waals surface area contributed by atoms with E-state index in [1.54, 1.807) is 0 Å². The molecule has 6 heteroatoms. The number of rotatable bonds is 0. The zero-order valence-corrected chi connectivity index (χ0v) is 16.2. The van der Waals surface area contributed by atoms with E-state index in [0.29, 0.717) is 19.1 Å². The first-order valence-corrected chi connectivity index (χ1v) is 9.07. The number of dihydropyridines is 1. The summed E-state index contributed by atoms with van der Waals surface area (Å²) in [4.78, 5) is 21.4. The van der Waals surface area contributed by atoms with Crippen LogP contribution in [0.25, 0.3) is 0 Å². The van der Waals surface area contributed by atoms with Crippen LogP contribution in [0.15, 0.2) is 16.6 Å². The van der Waals surface area contributed by atoms with Crippen molar-refractivity contribution in [1.29, 1.82) is 0 Å². The van der Waals surface area contributed by atoms with Gasteiger partial charge in [-0.1, -0.05) is 22.0 Å². The molecule has 2 fully saturated rings. The molecule has 128 valence electrons. The zero-order chi connectivity index (χ0) is 17.0. The molecule has 0 aliphatic carbocycles. The second-order valence-electron chi connectivity index (χ2n) is 8.09. The number of hydrogen-bond acceptors (Lipinski definition) is 4. The molecule has 0 saturated carbocycles. The average molecular weight is 384 g/mol. The molecule has 3 rings (SSSR count). The minimum absolute atomic E-state index is 0.0471. The van der Waals surface area contributed by atoms with Crippen LogP contribution in [0.2, 0.25) is 0 Å². The fourth-order valence-corrected chi connectivity index (χ4v) is 4.06. The summed E-state index contributed by atoms with van der Waals surface area (Å²) in [6.07, 6.45) is 3.03. The monoisotopic (exact) mass is 383 g/mol. The maximum Gasteiger partial charge on any atom is 0.410 e. The highest BCUT2D eigenvalue weighted by Gasteiger charge is 2.44. The predicted molar refractivity (Wildman–Crippen MR) is 95.2 cm³/mol. The number of hydrogen-bond donors (Lipinski definition) is 0. The van der Waals surface area contributed by atoms with Gasteiger partial charge in [0.25, 0.3) is 0 Å². The van der Waals surface area contributed by atoms with E-state index in [1.165, 1.54) is 5.57 Å². The van der Waals surface area contributed by atoms with Crippen molar-refractivity contribution in [2.45, 2.75) is 63.0 Å². The third-order valence-corrected chi connectivity index (χ3v) is 4.92. The standard InChI is InChI=1S/C17H26BrN3O2/c1-11-8-20(15(22)23-16(2,3)4)9-13-6-12-7-17(5,18)10-19-14(12)21(11)13/h7,11,13H,6,8-10H2,1-5H3/t11-,13-,17?/m1/s1. The van der Waals surface area contributed by atoms with Gasteiger partial charge in [-0.3, -0.25) is 4.99 Å². The lowest BCUT2D eigenvalue weighted by molar-refractivity contribution is 0.00621. The summed E-state index contributed by atoms with van der Waals surface area (Å²) in [5, 5.41) is 0. The van der Waals surface area contributed by atoms with E-state index in [9.17, 15) is 4.79 Å². The fourth-order valence-electron chi connectivity index (χ4n) is 3.66. The van der Waals surface area contributed by atoms with Crippen LogP contribution in [0, 0.1) is 0 Å². The number of nitrogens with zero attached hydrogens (tertiary/aromatic N) is 3. The number of carbonyl (C=O) groups is 1. The average Bonchev–Trinajstić information content (AvgIpc) is 2.72. The molecule has 3 atom stereocenters. The maximum absolute atomic E-state index is 12.4. The third kappa shape index (κ3) is 3.42. The molecule has 3 aliphatic rings. The van der Waals surface area contributed by atoms with Crippen molar-refractivity contribution >= 4 is 27.9 Å². The van der Waals surface area contributed by atoms with Crippen molar-refractivity contribution in [2.75, 3.05) is 19.6 Å². The number of alkyl halides is 1. The maximum atomic E-state index is 12.4. The molecule has 0 radical (unpaired) electrons. The van der Waals surface area contributed by atoms with Crippen molar-refractivity contribution in [2.24, 2.45) is 4.99 Å². The third-order valence-electron chi connectivity index (χ3n) is 4.44. The molecule has 3 heterocycles. The molecule has 1 amide bonds. The van der Waals surface area contributed by atoms with Gasteiger partial charge < -0.3 is 14.5 Å². The summed E-state index contributed by atoms with van der Waals surface area (Å²) < 4.78 is 5.49. The number of amidine groups is 1. The van der Waals surface area contributed by atoms with Gasteiger partial charge in [-0.15, -0.1) is 0 Å². The largest absolute Gasteiger partial charge is 0.444 e. The Hall–Kier alpha value is -1.04. The Labute approximate surface area is 146 Å². The Morgan fingerprint density at radius 1 is 1.43 bits per heavy atom. The summed E-state index contributed by atoms with van der Waals surface area (Å²) in [6, 6.07) is 0.559. The minimum atomic E-state index is -0.453. The van der Waals surface area contributed by atoms with Crippen LogP contribution in [0.4, 0.5) is 4.79 Å². The summed E-state index contributed by atoms with van der Waals surface area (Å²) in [7, 11) is 0. The molecule has 0 aromatic rings. The molecule has 0 aromatic heterocycles. The van der Waals surface area contributed by atoms with E-state index in [2.05, 4.69) is 40.8 Å². The number of ether oxygens (including phenoxy) is 1. The summed E-state index contributed by atoms with van der Waals surface area (Å²) in [6.45, 7) is 12.2. The van der Waals surface area contributed by atoms with E-state index in [-0.39, 0.29) is 16.5 Å². The van der Waals surface area contributed by atoms with Crippen molar-refractivity contribution in [1.82, 2.24) is 9.80 Å². The van der Waals surface area contributed by atoms with Gasteiger partial charge in [0.2, 0.25) is 0 Å². The first kappa shape index (κ1) is 16.8. The molecule has 23 heavy (non-hydrogen) atoms.